The minimum atomic E-state index is 0.734. The molecule has 0 atom stereocenters. The molecule has 3 N–H and O–H groups in total. The Balaban J connectivity index is 2.01. The second-order valence-corrected chi connectivity index (χ2v) is 5.01. The van der Waals surface area contributed by atoms with Crippen LogP contribution in [0.25, 0.3) is 0 Å². The van der Waals surface area contributed by atoms with E-state index < -0.39 is 0 Å². The van der Waals surface area contributed by atoms with E-state index in [9.17, 15) is 0 Å². The summed E-state index contributed by atoms with van der Waals surface area (Å²) in [6.45, 7) is 0.734. The molecule has 1 aromatic rings. The Morgan fingerprint density at radius 2 is 1.93 bits per heavy atom. The van der Waals surface area contributed by atoms with Crippen LogP contribution in [-0.4, -0.2) is 4.98 Å². The normalized spacial score (nSPS) is 21.1. The molecule has 0 unspecified atom stereocenters. The number of aromatic amines is 1. The first-order valence-corrected chi connectivity index (χ1v) is 6.32. The number of hydrogen-bond donors (Lipinski definition) is 2. The highest BCUT2D eigenvalue weighted by molar-refractivity contribution is 5.40. The zero-order chi connectivity index (χ0) is 10.3. The molecule has 0 aliphatic heterocycles. The molecule has 82 valence electrons. The van der Waals surface area contributed by atoms with Crippen LogP contribution in [0.3, 0.4) is 0 Å². The minimum absolute atomic E-state index is 0.734. The number of H-pyrrole nitrogens is 1. The topological polar surface area (TPSA) is 41.8 Å². The molecule has 2 aliphatic carbocycles. The molecular formula is C13H20N2. The third-order valence-corrected chi connectivity index (χ3v) is 4.16. The Morgan fingerprint density at radius 1 is 1.13 bits per heavy atom. The van der Waals surface area contributed by atoms with Crippen LogP contribution in [0.1, 0.15) is 60.5 Å². The number of aromatic nitrogens is 1. The molecule has 1 saturated carbocycles. The van der Waals surface area contributed by atoms with Crippen molar-refractivity contribution in [3.8, 4) is 0 Å². The van der Waals surface area contributed by atoms with Gasteiger partial charge in [-0.25, -0.2) is 0 Å². The molecule has 1 aromatic heterocycles. The summed E-state index contributed by atoms with van der Waals surface area (Å²) in [5, 5.41) is 0. The van der Waals surface area contributed by atoms with Crippen molar-refractivity contribution < 1.29 is 0 Å². The standard InChI is InChI=1S/C13H20N2/c14-8-11-10-6-1-2-7-12(10)15-13(11)9-4-3-5-9/h9,15H,1-8,14H2. The first kappa shape index (κ1) is 9.46. The molecule has 2 nitrogen and oxygen atoms in total. The zero-order valence-electron chi connectivity index (χ0n) is 9.31. The fraction of sp³-hybridized carbons (Fsp3) is 0.692. The molecule has 1 heterocycles. The third kappa shape index (κ3) is 1.43. The van der Waals surface area contributed by atoms with Gasteiger partial charge in [0.05, 0.1) is 0 Å². The Kier molecular flexibility index (Phi) is 2.32. The van der Waals surface area contributed by atoms with Crippen LogP contribution >= 0.6 is 0 Å². The second-order valence-electron chi connectivity index (χ2n) is 5.01. The molecule has 1 fully saturated rings. The first-order valence-electron chi connectivity index (χ1n) is 6.32. The summed E-state index contributed by atoms with van der Waals surface area (Å²) < 4.78 is 0. The van der Waals surface area contributed by atoms with Crippen LogP contribution in [0.4, 0.5) is 0 Å². The minimum Gasteiger partial charge on any atom is -0.362 e. The van der Waals surface area contributed by atoms with Gasteiger partial charge in [0.25, 0.3) is 0 Å². The summed E-state index contributed by atoms with van der Waals surface area (Å²) in [5.41, 5.74) is 12.0. The van der Waals surface area contributed by atoms with E-state index in [4.69, 9.17) is 5.73 Å². The van der Waals surface area contributed by atoms with Crippen molar-refractivity contribution in [3.63, 3.8) is 0 Å². The molecule has 3 rings (SSSR count). The second kappa shape index (κ2) is 3.67. The Morgan fingerprint density at radius 3 is 2.60 bits per heavy atom. The van der Waals surface area contributed by atoms with Crippen molar-refractivity contribution in [2.75, 3.05) is 0 Å². The zero-order valence-corrected chi connectivity index (χ0v) is 9.31. The molecule has 2 heteroatoms. The summed E-state index contributed by atoms with van der Waals surface area (Å²) in [4.78, 5) is 3.68. The molecule has 15 heavy (non-hydrogen) atoms. The summed E-state index contributed by atoms with van der Waals surface area (Å²) in [6.07, 6.45) is 9.33. The monoisotopic (exact) mass is 204 g/mol. The van der Waals surface area contributed by atoms with Crippen molar-refractivity contribution in [3.05, 3.63) is 22.5 Å². The largest absolute Gasteiger partial charge is 0.362 e. The predicted molar refractivity (Wildman–Crippen MR) is 61.9 cm³/mol. The number of fused-ring (bicyclic) bond motifs is 1. The molecule has 0 amide bonds. The van der Waals surface area contributed by atoms with Crippen molar-refractivity contribution in [2.24, 2.45) is 5.73 Å². The predicted octanol–water partition coefficient (Wildman–Crippen LogP) is 2.62. The SMILES string of the molecule is NCc1c(C2CCC2)[nH]c2c1CCCC2. The van der Waals surface area contributed by atoms with Crippen LogP contribution in [0.2, 0.25) is 0 Å². The Labute approximate surface area is 91.3 Å². The number of aryl methyl sites for hydroxylation is 1. The fourth-order valence-electron chi connectivity index (χ4n) is 3.06. The van der Waals surface area contributed by atoms with E-state index in [2.05, 4.69) is 4.98 Å². The lowest BCUT2D eigenvalue weighted by Gasteiger charge is -2.25. The maximum Gasteiger partial charge on any atom is 0.0229 e. The lowest BCUT2D eigenvalue weighted by Crippen LogP contribution is -2.13. The molecule has 2 aliphatic rings. The summed E-state index contributed by atoms with van der Waals surface area (Å²) in [7, 11) is 0. The summed E-state index contributed by atoms with van der Waals surface area (Å²) >= 11 is 0. The van der Waals surface area contributed by atoms with E-state index in [1.807, 2.05) is 0 Å². The molecular weight excluding hydrogens is 184 g/mol. The van der Waals surface area contributed by atoms with E-state index in [1.54, 1.807) is 5.56 Å². The van der Waals surface area contributed by atoms with Gasteiger partial charge in [-0.15, -0.1) is 0 Å². The van der Waals surface area contributed by atoms with Crippen LogP contribution in [0, 0.1) is 0 Å². The Hall–Kier alpha value is -0.760. The maximum absolute atomic E-state index is 5.92. The van der Waals surface area contributed by atoms with Gasteiger partial charge in [0, 0.05) is 17.9 Å². The number of hydrogen-bond acceptors (Lipinski definition) is 1. The van der Waals surface area contributed by atoms with Gasteiger partial charge in [0.2, 0.25) is 0 Å². The van der Waals surface area contributed by atoms with Crippen LogP contribution < -0.4 is 5.73 Å². The average Bonchev–Trinajstić information content (AvgIpc) is 2.53. The van der Waals surface area contributed by atoms with Gasteiger partial charge in [-0.2, -0.15) is 0 Å². The van der Waals surface area contributed by atoms with Crippen molar-refractivity contribution in [1.29, 1.82) is 0 Å². The van der Waals surface area contributed by atoms with Crippen LogP contribution in [0.15, 0.2) is 0 Å². The van der Waals surface area contributed by atoms with Gasteiger partial charge in [0.15, 0.2) is 0 Å². The highest BCUT2D eigenvalue weighted by atomic mass is 14.8. The maximum atomic E-state index is 5.92. The summed E-state index contributed by atoms with van der Waals surface area (Å²) in [5.74, 6) is 0.800. The number of nitrogens with one attached hydrogen (secondary N) is 1. The van der Waals surface area contributed by atoms with E-state index in [0.717, 1.165) is 12.5 Å². The number of rotatable bonds is 2. The van der Waals surface area contributed by atoms with E-state index >= 15 is 0 Å². The lowest BCUT2D eigenvalue weighted by molar-refractivity contribution is 0.409. The Bertz CT molecular complexity index is 361. The van der Waals surface area contributed by atoms with Crippen molar-refractivity contribution in [1.82, 2.24) is 4.98 Å². The van der Waals surface area contributed by atoms with E-state index in [0.29, 0.717) is 0 Å². The van der Waals surface area contributed by atoms with Crippen molar-refractivity contribution in [2.45, 2.75) is 57.4 Å². The molecule has 0 radical (unpaired) electrons. The smallest absolute Gasteiger partial charge is 0.0229 e. The van der Waals surface area contributed by atoms with Gasteiger partial charge in [-0.1, -0.05) is 6.42 Å². The molecule has 0 aromatic carbocycles. The van der Waals surface area contributed by atoms with Gasteiger partial charge < -0.3 is 10.7 Å². The van der Waals surface area contributed by atoms with E-state index in [-0.39, 0.29) is 0 Å². The van der Waals surface area contributed by atoms with E-state index in [1.165, 1.54) is 61.9 Å². The molecule has 0 spiro atoms. The molecule has 0 saturated heterocycles. The van der Waals surface area contributed by atoms with Crippen LogP contribution in [0.5, 0.6) is 0 Å². The number of nitrogens with two attached hydrogens (primary N) is 1. The molecule has 0 bridgehead atoms. The first-order chi connectivity index (χ1) is 7.40. The average molecular weight is 204 g/mol. The van der Waals surface area contributed by atoms with Gasteiger partial charge in [-0.3, -0.25) is 0 Å². The van der Waals surface area contributed by atoms with Gasteiger partial charge in [0.1, 0.15) is 0 Å². The van der Waals surface area contributed by atoms with Crippen LogP contribution in [-0.2, 0) is 19.4 Å². The van der Waals surface area contributed by atoms with Crippen molar-refractivity contribution >= 4 is 0 Å². The summed E-state index contributed by atoms with van der Waals surface area (Å²) in [6, 6.07) is 0. The highest BCUT2D eigenvalue weighted by Crippen LogP contribution is 2.40. The van der Waals surface area contributed by atoms with Gasteiger partial charge >= 0.3 is 0 Å². The third-order valence-electron chi connectivity index (χ3n) is 4.16. The highest BCUT2D eigenvalue weighted by Gasteiger charge is 2.27. The van der Waals surface area contributed by atoms with Gasteiger partial charge in [-0.05, 0) is 55.6 Å². The fourth-order valence-corrected chi connectivity index (χ4v) is 3.06. The lowest BCUT2D eigenvalue weighted by atomic mass is 9.81. The quantitative estimate of drug-likeness (QED) is 0.764.